The van der Waals surface area contributed by atoms with E-state index in [0.717, 1.165) is 48.3 Å². The summed E-state index contributed by atoms with van der Waals surface area (Å²) in [6, 6.07) is 7.98. The number of imidazole rings is 1. The minimum absolute atomic E-state index is 0. The summed E-state index contributed by atoms with van der Waals surface area (Å²) in [6.07, 6.45) is 6.30. The van der Waals surface area contributed by atoms with Crippen LogP contribution in [0.15, 0.2) is 24.3 Å². The maximum Gasteiger partial charge on any atom is 0.240 e. The number of hydrogen-bond acceptors (Lipinski definition) is 4. The quantitative estimate of drug-likeness (QED) is 0.775. The van der Waals surface area contributed by atoms with Gasteiger partial charge in [-0.2, -0.15) is 11.8 Å². The summed E-state index contributed by atoms with van der Waals surface area (Å²) in [5.74, 6) is 1.77. The lowest BCUT2D eigenvalue weighted by Gasteiger charge is -2.29. The molecule has 0 spiro atoms. The first-order chi connectivity index (χ1) is 11.2. The number of rotatable bonds is 6. The van der Waals surface area contributed by atoms with Crippen LogP contribution < -0.4 is 11.1 Å². The summed E-state index contributed by atoms with van der Waals surface area (Å²) >= 11 is 1.71. The first-order valence-electron chi connectivity index (χ1n) is 8.12. The third-order valence-electron chi connectivity index (χ3n) is 4.66. The van der Waals surface area contributed by atoms with E-state index in [1.807, 2.05) is 35.1 Å². The average Bonchev–Trinajstić information content (AvgIpc) is 3.14. The second-order valence-corrected chi connectivity index (χ2v) is 7.14. The summed E-state index contributed by atoms with van der Waals surface area (Å²) in [4.78, 5) is 17.3. The number of halogens is 2. The van der Waals surface area contributed by atoms with E-state index >= 15 is 0 Å². The molecule has 1 fully saturated rings. The highest BCUT2D eigenvalue weighted by molar-refractivity contribution is 7.97. The largest absolute Gasteiger partial charge is 0.348 e. The standard InChI is InChI=1S/C17H24N4OS.2ClH/c1-23-11-15-19-13-6-2-3-7-14(13)21(15)10-16(22)20-17(12-18)8-4-5-9-17;;/h2-3,6-7H,4-5,8-12,18H2,1H3,(H,20,22);2*1H. The Morgan fingerprint density at radius 1 is 1.32 bits per heavy atom. The zero-order chi connectivity index (χ0) is 16.3. The number of amides is 1. The van der Waals surface area contributed by atoms with Crippen LogP contribution in [0.1, 0.15) is 31.5 Å². The van der Waals surface area contributed by atoms with Crippen molar-refractivity contribution in [1.29, 1.82) is 0 Å². The molecule has 0 atom stereocenters. The zero-order valence-corrected chi connectivity index (χ0v) is 16.8. The lowest BCUT2D eigenvalue weighted by molar-refractivity contribution is -0.123. The van der Waals surface area contributed by atoms with Crippen LogP contribution in [0.25, 0.3) is 11.0 Å². The maximum atomic E-state index is 12.6. The summed E-state index contributed by atoms with van der Waals surface area (Å²) < 4.78 is 2.03. The summed E-state index contributed by atoms with van der Waals surface area (Å²) in [5.41, 5.74) is 7.68. The van der Waals surface area contributed by atoms with E-state index in [-0.39, 0.29) is 36.3 Å². The van der Waals surface area contributed by atoms with Gasteiger partial charge in [0.1, 0.15) is 12.4 Å². The fourth-order valence-corrected chi connectivity index (χ4v) is 3.93. The molecule has 2 aromatic rings. The van der Waals surface area contributed by atoms with E-state index in [4.69, 9.17) is 5.73 Å². The Kier molecular flexibility index (Phi) is 8.54. The first kappa shape index (κ1) is 22.1. The van der Waals surface area contributed by atoms with Gasteiger partial charge in [0, 0.05) is 6.54 Å². The Morgan fingerprint density at radius 2 is 2.00 bits per heavy atom. The van der Waals surface area contributed by atoms with E-state index in [9.17, 15) is 4.79 Å². The van der Waals surface area contributed by atoms with E-state index < -0.39 is 0 Å². The van der Waals surface area contributed by atoms with Crippen molar-refractivity contribution in [3.05, 3.63) is 30.1 Å². The summed E-state index contributed by atoms with van der Waals surface area (Å²) in [7, 11) is 0. The second kappa shape index (κ2) is 9.67. The summed E-state index contributed by atoms with van der Waals surface area (Å²) in [6.45, 7) is 0.819. The number of nitrogens with zero attached hydrogens (tertiary/aromatic N) is 2. The number of carbonyl (C=O) groups is 1. The number of benzene rings is 1. The zero-order valence-electron chi connectivity index (χ0n) is 14.4. The highest BCUT2D eigenvalue weighted by Crippen LogP contribution is 2.28. The molecule has 1 aliphatic carbocycles. The van der Waals surface area contributed by atoms with Crippen LogP contribution in [0.3, 0.4) is 0 Å². The number of thioether (sulfide) groups is 1. The molecule has 1 aromatic heterocycles. The Hall–Kier alpha value is -0.950. The van der Waals surface area contributed by atoms with E-state index in [0.29, 0.717) is 13.1 Å². The van der Waals surface area contributed by atoms with Crippen molar-refractivity contribution in [2.24, 2.45) is 5.73 Å². The molecule has 0 aliphatic heterocycles. The molecule has 8 heteroatoms. The Bertz CT molecular complexity index is 701. The van der Waals surface area contributed by atoms with Crippen LogP contribution in [-0.2, 0) is 17.1 Å². The fourth-order valence-electron chi connectivity index (χ4n) is 3.45. The van der Waals surface area contributed by atoms with Crippen LogP contribution in [0.5, 0.6) is 0 Å². The number of hydrogen-bond donors (Lipinski definition) is 2. The molecule has 140 valence electrons. The second-order valence-electron chi connectivity index (χ2n) is 6.28. The molecule has 1 aliphatic rings. The normalized spacial score (nSPS) is 15.4. The van der Waals surface area contributed by atoms with Crippen LogP contribution in [0.2, 0.25) is 0 Å². The molecule has 0 saturated heterocycles. The molecule has 1 saturated carbocycles. The van der Waals surface area contributed by atoms with Crippen LogP contribution >= 0.6 is 36.6 Å². The van der Waals surface area contributed by atoms with Crippen LogP contribution in [0, 0.1) is 0 Å². The monoisotopic (exact) mass is 404 g/mol. The predicted octanol–water partition coefficient (Wildman–Crippen LogP) is 3.13. The lowest BCUT2D eigenvalue weighted by atomic mass is 9.98. The topological polar surface area (TPSA) is 72.9 Å². The molecule has 1 heterocycles. The molecular weight excluding hydrogens is 379 g/mol. The van der Waals surface area contributed by atoms with Gasteiger partial charge in [0.05, 0.1) is 22.3 Å². The number of para-hydroxylation sites is 2. The molecule has 1 aromatic carbocycles. The number of carbonyl (C=O) groups excluding carboxylic acids is 1. The summed E-state index contributed by atoms with van der Waals surface area (Å²) in [5, 5.41) is 3.20. The highest BCUT2D eigenvalue weighted by Gasteiger charge is 2.33. The molecule has 0 unspecified atom stereocenters. The molecule has 3 N–H and O–H groups in total. The molecule has 5 nitrogen and oxygen atoms in total. The average molecular weight is 405 g/mol. The van der Waals surface area contributed by atoms with Gasteiger partial charge in [0.2, 0.25) is 5.91 Å². The number of nitrogens with one attached hydrogen (secondary N) is 1. The first-order valence-corrected chi connectivity index (χ1v) is 9.51. The highest BCUT2D eigenvalue weighted by atomic mass is 35.5. The predicted molar refractivity (Wildman–Crippen MR) is 110 cm³/mol. The molecule has 1 amide bonds. The molecule has 3 rings (SSSR count). The van der Waals surface area contributed by atoms with Gasteiger partial charge in [0.25, 0.3) is 0 Å². The minimum atomic E-state index is -0.201. The van der Waals surface area contributed by atoms with Crippen molar-refractivity contribution >= 4 is 53.5 Å². The SMILES string of the molecule is CSCc1nc2ccccc2n1CC(=O)NC1(CN)CCCC1.Cl.Cl. The van der Waals surface area contributed by atoms with Gasteiger partial charge in [-0.15, -0.1) is 24.8 Å². The van der Waals surface area contributed by atoms with Crippen molar-refractivity contribution in [2.75, 3.05) is 12.8 Å². The number of fused-ring (bicyclic) bond motifs is 1. The third-order valence-corrected chi connectivity index (χ3v) is 5.21. The molecular formula is C17H26Cl2N4OS. The van der Waals surface area contributed by atoms with Crippen molar-refractivity contribution in [2.45, 2.75) is 43.5 Å². The lowest BCUT2D eigenvalue weighted by Crippen LogP contribution is -2.52. The van der Waals surface area contributed by atoms with E-state index in [1.54, 1.807) is 11.8 Å². The van der Waals surface area contributed by atoms with Gasteiger partial charge in [-0.1, -0.05) is 25.0 Å². The van der Waals surface area contributed by atoms with Crippen LogP contribution in [-0.4, -0.2) is 33.8 Å². The van der Waals surface area contributed by atoms with E-state index in [2.05, 4.69) is 10.3 Å². The minimum Gasteiger partial charge on any atom is -0.348 e. The number of nitrogens with two attached hydrogens (primary N) is 1. The van der Waals surface area contributed by atoms with Crippen LogP contribution in [0.4, 0.5) is 0 Å². The van der Waals surface area contributed by atoms with Gasteiger partial charge < -0.3 is 15.6 Å². The Balaban J connectivity index is 0.00000156. The van der Waals surface area contributed by atoms with Crippen molar-refractivity contribution < 1.29 is 4.79 Å². The van der Waals surface area contributed by atoms with Gasteiger partial charge in [-0.3, -0.25) is 4.79 Å². The molecule has 25 heavy (non-hydrogen) atoms. The van der Waals surface area contributed by atoms with Crippen molar-refractivity contribution in [3.63, 3.8) is 0 Å². The molecule has 0 bridgehead atoms. The van der Waals surface area contributed by atoms with Crippen molar-refractivity contribution in [1.82, 2.24) is 14.9 Å². The maximum absolute atomic E-state index is 12.6. The molecule has 0 radical (unpaired) electrons. The van der Waals surface area contributed by atoms with E-state index in [1.165, 1.54) is 0 Å². The van der Waals surface area contributed by atoms with Gasteiger partial charge in [0.15, 0.2) is 0 Å². The number of aromatic nitrogens is 2. The van der Waals surface area contributed by atoms with Gasteiger partial charge >= 0.3 is 0 Å². The Morgan fingerprint density at radius 3 is 2.64 bits per heavy atom. The fraction of sp³-hybridized carbons (Fsp3) is 0.529. The third kappa shape index (κ3) is 4.82. The smallest absolute Gasteiger partial charge is 0.240 e. The Labute approximate surface area is 165 Å². The van der Waals surface area contributed by atoms with Crippen molar-refractivity contribution in [3.8, 4) is 0 Å². The van der Waals surface area contributed by atoms with Gasteiger partial charge in [-0.05, 0) is 31.2 Å². The van der Waals surface area contributed by atoms with Gasteiger partial charge in [-0.25, -0.2) is 4.98 Å².